The van der Waals surface area contributed by atoms with Gasteiger partial charge in [-0.15, -0.1) is 0 Å². The van der Waals surface area contributed by atoms with Crippen molar-refractivity contribution in [2.45, 2.75) is 0 Å². The zero-order valence-electron chi connectivity index (χ0n) is 13.8. The van der Waals surface area contributed by atoms with E-state index in [-0.39, 0.29) is 5.78 Å². The average Bonchev–Trinajstić information content (AvgIpc) is 2.65. The third-order valence-corrected chi connectivity index (χ3v) is 3.96. The molecule has 3 rings (SSSR count). The van der Waals surface area contributed by atoms with E-state index < -0.39 is 0 Å². The molecule has 0 unspecified atom stereocenters. The topological polar surface area (TPSA) is 44.8 Å². The van der Waals surface area contributed by atoms with Crippen molar-refractivity contribution in [2.24, 2.45) is 0 Å². The van der Waals surface area contributed by atoms with Crippen LogP contribution in [0.1, 0.15) is 15.9 Å². The quantitative estimate of drug-likeness (QED) is 0.664. The van der Waals surface area contributed by atoms with Crippen molar-refractivity contribution in [1.82, 2.24) is 0 Å². The lowest BCUT2D eigenvalue weighted by molar-refractivity contribution is 0.103. The minimum Gasteiger partial charge on any atom is -0.493 e. The highest BCUT2D eigenvalue weighted by atomic mass is 16.5. The Bertz CT molecular complexity index is 869. The summed E-state index contributed by atoms with van der Waals surface area (Å²) in [5, 5.41) is 1.94. The Morgan fingerprint density at radius 3 is 2.04 bits per heavy atom. The van der Waals surface area contributed by atoms with Gasteiger partial charge in [0.25, 0.3) is 0 Å². The Hall–Kier alpha value is -3.01. The van der Waals surface area contributed by atoms with Crippen LogP contribution in [-0.4, -0.2) is 27.1 Å². The summed E-state index contributed by atoms with van der Waals surface area (Å²) in [6.45, 7) is 0. The minimum atomic E-state index is -0.0916. The molecule has 0 saturated heterocycles. The summed E-state index contributed by atoms with van der Waals surface area (Å²) in [6, 6.07) is 16.9. The smallest absolute Gasteiger partial charge is 0.203 e. The van der Waals surface area contributed by atoms with Gasteiger partial charge < -0.3 is 14.2 Å². The molecule has 3 aromatic rings. The lowest BCUT2D eigenvalue weighted by Gasteiger charge is -2.14. The van der Waals surface area contributed by atoms with E-state index in [1.54, 1.807) is 12.1 Å². The Morgan fingerprint density at radius 2 is 1.42 bits per heavy atom. The van der Waals surface area contributed by atoms with Crippen molar-refractivity contribution in [2.75, 3.05) is 21.3 Å². The summed E-state index contributed by atoms with van der Waals surface area (Å²) in [5.74, 6) is 1.29. The minimum absolute atomic E-state index is 0.0916. The number of ether oxygens (including phenoxy) is 3. The highest BCUT2D eigenvalue weighted by molar-refractivity contribution is 6.16. The van der Waals surface area contributed by atoms with Crippen molar-refractivity contribution in [3.05, 3.63) is 65.7 Å². The maximum absolute atomic E-state index is 13.0. The number of fused-ring (bicyclic) bond motifs is 1. The summed E-state index contributed by atoms with van der Waals surface area (Å²) in [5.41, 5.74) is 1.13. The van der Waals surface area contributed by atoms with Gasteiger partial charge in [0, 0.05) is 11.1 Å². The van der Waals surface area contributed by atoms with Crippen molar-refractivity contribution < 1.29 is 19.0 Å². The number of hydrogen-bond donors (Lipinski definition) is 0. The van der Waals surface area contributed by atoms with Crippen LogP contribution in [0.5, 0.6) is 17.2 Å². The van der Waals surface area contributed by atoms with Gasteiger partial charge in [-0.2, -0.15) is 0 Å². The van der Waals surface area contributed by atoms with E-state index in [1.165, 1.54) is 21.3 Å². The highest BCUT2D eigenvalue weighted by Crippen LogP contribution is 2.39. The van der Waals surface area contributed by atoms with Crippen LogP contribution < -0.4 is 14.2 Å². The van der Waals surface area contributed by atoms with Crippen LogP contribution in [-0.2, 0) is 0 Å². The predicted octanol–water partition coefficient (Wildman–Crippen LogP) is 4.10. The van der Waals surface area contributed by atoms with Gasteiger partial charge in [0.2, 0.25) is 5.75 Å². The molecule has 4 nitrogen and oxygen atoms in total. The fourth-order valence-corrected chi connectivity index (χ4v) is 2.79. The Balaban J connectivity index is 2.16. The molecule has 0 bridgehead atoms. The van der Waals surface area contributed by atoms with E-state index in [1.807, 2.05) is 42.5 Å². The van der Waals surface area contributed by atoms with Crippen LogP contribution in [0.15, 0.2) is 54.6 Å². The lowest BCUT2D eigenvalue weighted by atomic mass is 9.97. The molecule has 0 amide bonds. The van der Waals surface area contributed by atoms with Gasteiger partial charge in [-0.1, -0.05) is 42.5 Å². The van der Waals surface area contributed by atoms with E-state index in [2.05, 4.69) is 0 Å². The molecule has 4 heteroatoms. The molecule has 122 valence electrons. The van der Waals surface area contributed by atoms with Gasteiger partial charge >= 0.3 is 0 Å². The number of rotatable bonds is 5. The van der Waals surface area contributed by atoms with Crippen molar-refractivity contribution in [3.63, 3.8) is 0 Å². The summed E-state index contributed by atoms with van der Waals surface area (Å²) in [4.78, 5) is 13.0. The molecule has 24 heavy (non-hydrogen) atoms. The molecule has 0 N–H and O–H groups in total. The first kappa shape index (κ1) is 15.9. The molecule has 0 radical (unpaired) electrons. The average molecular weight is 322 g/mol. The van der Waals surface area contributed by atoms with Crippen LogP contribution in [0.2, 0.25) is 0 Å². The van der Waals surface area contributed by atoms with Gasteiger partial charge in [0.05, 0.1) is 21.3 Å². The number of ketones is 1. The number of benzene rings is 3. The lowest BCUT2D eigenvalue weighted by Crippen LogP contribution is -2.04. The van der Waals surface area contributed by atoms with Gasteiger partial charge in [-0.25, -0.2) is 0 Å². The first-order chi connectivity index (χ1) is 11.7. The monoisotopic (exact) mass is 322 g/mol. The Morgan fingerprint density at radius 1 is 0.792 bits per heavy atom. The predicted molar refractivity (Wildman–Crippen MR) is 93.5 cm³/mol. The molecule has 0 fully saturated rings. The molecule has 0 spiro atoms. The molecule has 0 atom stereocenters. The normalized spacial score (nSPS) is 10.5. The maximum atomic E-state index is 13.0. The molecular weight excluding hydrogens is 304 g/mol. The molecule has 3 aromatic carbocycles. The molecule has 0 aliphatic carbocycles. The third kappa shape index (κ3) is 2.67. The summed E-state index contributed by atoms with van der Waals surface area (Å²) < 4.78 is 16.0. The molecule has 0 heterocycles. The van der Waals surface area contributed by atoms with Crippen LogP contribution in [0.3, 0.4) is 0 Å². The Kier molecular flexibility index (Phi) is 4.38. The summed E-state index contributed by atoms with van der Waals surface area (Å²) >= 11 is 0. The molecular formula is C20H18O4. The van der Waals surface area contributed by atoms with Gasteiger partial charge in [0.15, 0.2) is 17.3 Å². The summed E-state index contributed by atoms with van der Waals surface area (Å²) in [6.07, 6.45) is 0. The number of carbonyl (C=O) groups is 1. The number of carbonyl (C=O) groups excluding carboxylic acids is 1. The highest BCUT2D eigenvalue weighted by Gasteiger charge is 2.19. The second-order valence-electron chi connectivity index (χ2n) is 5.27. The standard InChI is InChI=1S/C20H18O4/c1-22-17-11-14(12-18(23-2)20(17)24-3)19(21)16-10-6-8-13-7-4-5-9-15(13)16/h4-12H,1-3H3. The van der Waals surface area contributed by atoms with Gasteiger partial charge in [-0.05, 0) is 22.9 Å². The van der Waals surface area contributed by atoms with E-state index in [0.717, 1.165) is 10.8 Å². The third-order valence-electron chi connectivity index (χ3n) is 3.96. The first-order valence-electron chi connectivity index (χ1n) is 7.52. The van der Waals surface area contributed by atoms with Crippen LogP contribution in [0.4, 0.5) is 0 Å². The van der Waals surface area contributed by atoms with Crippen molar-refractivity contribution in [3.8, 4) is 17.2 Å². The zero-order valence-corrected chi connectivity index (χ0v) is 13.8. The van der Waals surface area contributed by atoms with Crippen molar-refractivity contribution >= 4 is 16.6 Å². The summed E-state index contributed by atoms with van der Waals surface area (Å²) in [7, 11) is 4.60. The molecule has 0 aliphatic heterocycles. The largest absolute Gasteiger partial charge is 0.493 e. The van der Waals surface area contributed by atoms with E-state index in [9.17, 15) is 4.79 Å². The molecule has 0 aliphatic rings. The van der Waals surface area contributed by atoms with Crippen LogP contribution >= 0.6 is 0 Å². The second-order valence-corrected chi connectivity index (χ2v) is 5.27. The van der Waals surface area contributed by atoms with Crippen molar-refractivity contribution in [1.29, 1.82) is 0 Å². The van der Waals surface area contributed by atoms with E-state index in [0.29, 0.717) is 28.4 Å². The zero-order chi connectivity index (χ0) is 17.1. The van der Waals surface area contributed by atoms with Crippen LogP contribution in [0.25, 0.3) is 10.8 Å². The van der Waals surface area contributed by atoms with Gasteiger partial charge in [0.1, 0.15) is 0 Å². The van der Waals surface area contributed by atoms with Crippen LogP contribution in [0, 0.1) is 0 Å². The number of methoxy groups -OCH3 is 3. The second kappa shape index (κ2) is 6.62. The maximum Gasteiger partial charge on any atom is 0.203 e. The first-order valence-corrected chi connectivity index (χ1v) is 7.52. The fraction of sp³-hybridized carbons (Fsp3) is 0.150. The van der Waals surface area contributed by atoms with E-state index in [4.69, 9.17) is 14.2 Å². The molecule has 0 saturated carbocycles. The van der Waals surface area contributed by atoms with Gasteiger partial charge in [-0.3, -0.25) is 4.79 Å². The Labute approximate surface area is 140 Å². The van der Waals surface area contributed by atoms with E-state index >= 15 is 0 Å². The SMILES string of the molecule is COc1cc(C(=O)c2cccc3ccccc23)cc(OC)c1OC. The number of hydrogen-bond acceptors (Lipinski definition) is 4. The fourth-order valence-electron chi connectivity index (χ4n) is 2.79. The molecule has 0 aromatic heterocycles.